The second-order valence-corrected chi connectivity index (χ2v) is 11.5. The van der Waals surface area contributed by atoms with Crippen molar-refractivity contribution < 1.29 is 19.8 Å². The molecule has 0 spiro atoms. The fourth-order valence-corrected chi connectivity index (χ4v) is 7.38. The number of thioether (sulfide) groups is 2. The first-order chi connectivity index (χ1) is 12.5. The number of carbonyl (C=O) groups is 2. The summed E-state index contributed by atoms with van der Waals surface area (Å²) in [5, 5.41) is 19.5. The lowest BCUT2D eigenvalue weighted by molar-refractivity contribution is -0.139. The number of carboxylic acid groups (broad SMARTS) is 2. The van der Waals surface area contributed by atoms with Gasteiger partial charge in [-0.15, -0.1) is 23.5 Å². The van der Waals surface area contributed by atoms with E-state index in [1.807, 2.05) is 48.5 Å². The number of fused-ring (bicyclic) bond motifs is 3. The van der Waals surface area contributed by atoms with Crippen molar-refractivity contribution in [1.82, 2.24) is 0 Å². The number of hydrogen-bond acceptors (Lipinski definition) is 4. The molecule has 0 saturated heterocycles. The van der Waals surface area contributed by atoms with Crippen LogP contribution in [0.25, 0.3) is 11.1 Å². The van der Waals surface area contributed by atoms with Crippen LogP contribution in [-0.2, 0) is 13.7 Å². The van der Waals surface area contributed by atoms with Gasteiger partial charge in [0.15, 0.2) is 0 Å². The minimum Gasteiger partial charge on any atom is -0.480 e. The Morgan fingerprint density at radius 2 is 1.07 bits per heavy atom. The highest BCUT2D eigenvalue weighted by Gasteiger charge is 2.53. The zero-order chi connectivity index (χ0) is 20.0. The van der Waals surface area contributed by atoms with Gasteiger partial charge >= 0.3 is 11.9 Å². The Kier molecular flexibility index (Phi) is 4.85. The lowest BCUT2D eigenvalue weighted by Crippen LogP contribution is -2.38. The number of carboxylic acids is 2. The third-order valence-electron chi connectivity index (χ3n) is 4.68. The summed E-state index contributed by atoms with van der Waals surface area (Å²) in [4.78, 5) is 23.9. The molecule has 0 fully saturated rings. The normalized spacial score (nSPS) is 15.1. The van der Waals surface area contributed by atoms with E-state index in [0.29, 0.717) is 0 Å². The summed E-state index contributed by atoms with van der Waals surface area (Å²) in [6.45, 7) is 6.67. The number of aliphatic carboxylic acids is 2. The highest BCUT2D eigenvalue weighted by atomic mass is 32.2. The third kappa shape index (κ3) is 3.25. The Morgan fingerprint density at radius 1 is 0.741 bits per heavy atom. The fourth-order valence-electron chi connectivity index (χ4n) is 3.20. The highest BCUT2D eigenvalue weighted by molar-refractivity contribution is 8.19. The molecule has 0 bridgehead atoms. The molecule has 6 heteroatoms. The SMILES string of the molecule is CC(C)(SC1(SC(C)(C)C(=O)O)c2ccccc2-c2ccccc21)C(=O)O. The fraction of sp³-hybridized carbons (Fsp3) is 0.333. The van der Waals surface area contributed by atoms with Crippen LogP contribution in [0.2, 0.25) is 0 Å². The van der Waals surface area contributed by atoms with Gasteiger partial charge in [0.25, 0.3) is 0 Å². The van der Waals surface area contributed by atoms with Gasteiger partial charge in [0.05, 0.1) is 0 Å². The van der Waals surface area contributed by atoms with Crippen LogP contribution in [0.15, 0.2) is 48.5 Å². The van der Waals surface area contributed by atoms with Crippen LogP contribution in [0.1, 0.15) is 38.8 Å². The minimum atomic E-state index is -1.11. The van der Waals surface area contributed by atoms with E-state index < -0.39 is 25.5 Å². The van der Waals surface area contributed by atoms with Crippen molar-refractivity contribution in [1.29, 1.82) is 0 Å². The molecule has 1 aliphatic rings. The molecular formula is C21H22O4S2. The van der Waals surface area contributed by atoms with E-state index in [4.69, 9.17) is 0 Å². The molecule has 2 N–H and O–H groups in total. The molecule has 0 unspecified atom stereocenters. The molecule has 0 heterocycles. The molecular weight excluding hydrogens is 380 g/mol. The van der Waals surface area contributed by atoms with Gasteiger partial charge in [0, 0.05) is 0 Å². The summed E-state index contributed by atoms with van der Waals surface area (Å²) in [5.41, 5.74) is 3.95. The molecule has 0 aliphatic heterocycles. The monoisotopic (exact) mass is 402 g/mol. The molecule has 1 aliphatic carbocycles. The highest BCUT2D eigenvalue weighted by Crippen LogP contribution is 2.65. The van der Waals surface area contributed by atoms with Crippen molar-refractivity contribution in [2.45, 2.75) is 41.3 Å². The summed E-state index contributed by atoms with van der Waals surface area (Å²) in [7, 11) is 0. The summed E-state index contributed by atoms with van der Waals surface area (Å²) >= 11 is 2.59. The van der Waals surface area contributed by atoms with Gasteiger partial charge in [0.2, 0.25) is 0 Å². The van der Waals surface area contributed by atoms with E-state index in [-0.39, 0.29) is 0 Å². The second kappa shape index (κ2) is 6.60. The van der Waals surface area contributed by atoms with Gasteiger partial charge in [-0.1, -0.05) is 48.5 Å². The van der Waals surface area contributed by atoms with Crippen molar-refractivity contribution in [3.05, 3.63) is 59.7 Å². The van der Waals surface area contributed by atoms with Crippen molar-refractivity contribution in [2.24, 2.45) is 0 Å². The van der Waals surface area contributed by atoms with E-state index in [9.17, 15) is 19.8 Å². The van der Waals surface area contributed by atoms with E-state index in [1.54, 1.807) is 27.7 Å². The van der Waals surface area contributed by atoms with Gasteiger partial charge in [-0.05, 0) is 49.9 Å². The molecule has 27 heavy (non-hydrogen) atoms. The number of benzene rings is 2. The molecule has 3 rings (SSSR count). The zero-order valence-electron chi connectivity index (χ0n) is 15.6. The zero-order valence-corrected chi connectivity index (χ0v) is 17.3. The molecule has 142 valence electrons. The van der Waals surface area contributed by atoms with Crippen molar-refractivity contribution >= 4 is 35.5 Å². The Labute approximate surface area is 167 Å². The molecule has 4 nitrogen and oxygen atoms in total. The summed E-state index contributed by atoms with van der Waals surface area (Å²) in [5.74, 6) is -1.86. The Bertz CT molecular complexity index is 842. The summed E-state index contributed by atoms with van der Waals surface area (Å²) in [6, 6.07) is 15.7. The van der Waals surface area contributed by atoms with Gasteiger partial charge in [-0.3, -0.25) is 9.59 Å². The predicted octanol–water partition coefficient (Wildman–Crippen LogP) is 5.06. The third-order valence-corrected chi connectivity index (χ3v) is 8.01. The van der Waals surface area contributed by atoms with Crippen LogP contribution < -0.4 is 0 Å². The second-order valence-electron chi connectivity index (χ2n) is 7.54. The first-order valence-electron chi connectivity index (χ1n) is 8.58. The van der Waals surface area contributed by atoms with Crippen LogP contribution in [0.5, 0.6) is 0 Å². The van der Waals surface area contributed by atoms with Crippen LogP contribution in [-0.4, -0.2) is 31.6 Å². The van der Waals surface area contributed by atoms with Crippen molar-refractivity contribution in [3.8, 4) is 11.1 Å². The molecule has 0 radical (unpaired) electrons. The molecule has 2 aromatic rings. The van der Waals surface area contributed by atoms with E-state index in [2.05, 4.69) is 0 Å². The molecule has 0 saturated carbocycles. The average Bonchev–Trinajstić information content (AvgIpc) is 2.85. The van der Waals surface area contributed by atoms with E-state index in [1.165, 1.54) is 23.5 Å². The van der Waals surface area contributed by atoms with Crippen LogP contribution >= 0.6 is 23.5 Å². The van der Waals surface area contributed by atoms with Gasteiger partial charge in [-0.25, -0.2) is 0 Å². The first-order valence-corrected chi connectivity index (χ1v) is 10.2. The average molecular weight is 403 g/mol. The molecule has 2 aromatic carbocycles. The van der Waals surface area contributed by atoms with Gasteiger partial charge in [0.1, 0.15) is 13.6 Å². The smallest absolute Gasteiger partial charge is 0.319 e. The van der Waals surface area contributed by atoms with Crippen molar-refractivity contribution in [2.75, 3.05) is 0 Å². The maximum atomic E-state index is 11.9. The van der Waals surface area contributed by atoms with Gasteiger partial charge in [-0.2, -0.15) is 0 Å². The maximum absolute atomic E-state index is 11.9. The van der Waals surface area contributed by atoms with Crippen LogP contribution in [0.3, 0.4) is 0 Å². The Hall–Kier alpha value is -1.92. The lowest BCUT2D eigenvalue weighted by atomic mass is 10.1. The van der Waals surface area contributed by atoms with E-state index in [0.717, 1.165) is 22.3 Å². The number of hydrogen-bond donors (Lipinski definition) is 2. The van der Waals surface area contributed by atoms with Gasteiger partial charge < -0.3 is 10.2 Å². The molecule has 0 amide bonds. The topological polar surface area (TPSA) is 74.6 Å². The van der Waals surface area contributed by atoms with Crippen LogP contribution in [0, 0.1) is 0 Å². The predicted molar refractivity (Wildman–Crippen MR) is 111 cm³/mol. The summed E-state index contributed by atoms with van der Waals surface area (Å²) in [6.07, 6.45) is 0. The molecule has 0 atom stereocenters. The minimum absolute atomic E-state index is 0.836. The standard InChI is InChI=1S/C21H22O4S2/c1-19(2,17(22)23)26-21(27-20(3,4)18(24)25)15-11-7-5-9-13(15)14-10-6-8-12-16(14)21/h5-12H,1-4H3,(H,22,23)(H,24,25). The number of rotatable bonds is 6. The van der Waals surface area contributed by atoms with Crippen molar-refractivity contribution in [3.63, 3.8) is 0 Å². The van der Waals surface area contributed by atoms with Crippen LogP contribution in [0.4, 0.5) is 0 Å². The first kappa shape index (κ1) is 19.8. The van der Waals surface area contributed by atoms with E-state index >= 15 is 0 Å². The quantitative estimate of drug-likeness (QED) is 0.658. The molecule has 0 aromatic heterocycles. The maximum Gasteiger partial charge on any atom is 0.319 e. The largest absolute Gasteiger partial charge is 0.480 e. The lowest BCUT2D eigenvalue weighted by Gasteiger charge is -2.40. The Morgan fingerprint density at radius 3 is 1.41 bits per heavy atom. The summed E-state index contributed by atoms with van der Waals surface area (Å²) < 4.78 is -3.05. The Balaban J connectivity index is 2.30.